The van der Waals surface area contributed by atoms with Crippen LogP contribution in [0.1, 0.15) is 287 Å². The Hall–Kier alpha value is -9.27. The maximum atomic E-state index is 13.7. The standard InChI is InChI=1S/C17H27N3O.C16H24FN3O2.C16H24FN3O.C16H25N3O.C15H21F2N3O.C15H24N4O2/c1-12(2)20-10-8-17(5,9-11-20)19-16(21)15-13(3)6-7-14(4)18-15;1-11(2)20-7-5-16(3,6-8-20)19-14(21)13-9-12(17)10-18-15(13)22-4;1-11(2)20-9-7-16(4,8-10-20)19-15(21)14-13(17)6-5-12(3)18-14;1-12(2)19-9-6-16(4,7-10-19)18-15(20)14-5-8-17-13(3)11-14;1-10(2)20-6-4-15(3,5-7-20)19-14(21)13-12(17)8-11(16)9-18-13;1-11(2)19-9-6-15(3,7-10-19)18-14(20)13-16-8-5-12(17-13)21-4/h6-7,12H,8-11H2,1-5H3,(H,19,21);9-11H,5-8H2,1-4H3,(H,19,21);5-6,11H,7-10H2,1-4H3,(H,19,21);5,8,11-12H,6-7,9-10H2,1-4H3,(H,18,20);8-10H,4-7H2,1-3H3,(H,19,21);5,8,11H,6-7,9-10H2,1-4H3,(H,18,20). The Balaban J connectivity index is 0.000000207. The van der Waals surface area contributed by atoms with Crippen molar-refractivity contribution < 1.29 is 55.8 Å². The molecule has 6 saturated heterocycles. The number of carbonyl (C=O) groups excluding carboxylic acids is 6. The lowest BCUT2D eigenvalue weighted by atomic mass is 9.88. The summed E-state index contributed by atoms with van der Waals surface area (Å²) in [6.45, 7) is 57.8. The summed E-state index contributed by atoms with van der Waals surface area (Å²) < 4.78 is 63.6. The lowest BCUT2D eigenvalue weighted by Gasteiger charge is -2.41. The van der Waals surface area contributed by atoms with Gasteiger partial charge in [0.15, 0.2) is 23.0 Å². The number of methoxy groups -OCH3 is 2. The number of halogens is 4. The van der Waals surface area contributed by atoms with Gasteiger partial charge in [0.1, 0.15) is 22.9 Å². The van der Waals surface area contributed by atoms with Crippen molar-refractivity contribution in [3.63, 3.8) is 0 Å². The van der Waals surface area contributed by atoms with Crippen LogP contribution in [0.4, 0.5) is 17.6 Å². The minimum Gasteiger partial charge on any atom is -0.481 e. The van der Waals surface area contributed by atoms with Gasteiger partial charge in [0.05, 0.1) is 26.6 Å². The van der Waals surface area contributed by atoms with Crippen LogP contribution < -0.4 is 41.4 Å². The van der Waals surface area contributed by atoms with Crippen LogP contribution in [0.3, 0.4) is 0 Å². The van der Waals surface area contributed by atoms with Crippen LogP contribution >= 0.6 is 0 Å². The number of piperidine rings is 6. The molecule has 6 amide bonds. The molecule has 0 atom stereocenters. The number of aromatic nitrogens is 7. The summed E-state index contributed by atoms with van der Waals surface area (Å²) in [5.41, 5.74) is 2.86. The lowest BCUT2D eigenvalue weighted by molar-refractivity contribution is 0.0782. The van der Waals surface area contributed by atoms with E-state index in [1.165, 1.54) is 26.5 Å². The van der Waals surface area contributed by atoms with E-state index < -0.39 is 35.1 Å². The number of carbonyl (C=O) groups is 6. The zero-order chi connectivity index (χ0) is 93.4. The minimum atomic E-state index is -0.935. The van der Waals surface area contributed by atoms with Crippen molar-refractivity contribution in [2.24, 2.45) is 0 Å². The Labute approximate surface area is 746 Å². The van der Waals surface area contributed by atoms with E-state index in [0.29, 0.717) is 65.1 Å². The van der Waals surface area contributed by atoms with Crippen molar-refractivity contribution >= 4 is 35.4 Å². The molecule has 0 aliphatic carbocycles. The molecule has 31 heteroatoms. The summed E-state index contributed by atoms with van der Waals surface area (Å²) in [7, 11) is 2.94. The number of hydrogen-bond donors (Lipinski definition) is 6. The van der Waals surface area contributed by atoms with Gasteiger partial charge in [-0.15, -0.1) is 0 Å². The highest BCUT2D eigenvalue weighted by atomic mass is 19.1. The first-order chi connectivity index (χ1) is 59.1. The predicted octanol–water partition coefficient (Wildman–Crippen LogP) is 13.6. The number of nitrogens with zero attached hydrogens (tertiary/aromatic N) is 13. The smallest absolute Gasteiger partial charge is 0.289 e. The first-order valence-electron chi connectivity index (χ1n) is 44.9. The van der Waals surface area contributed by atoms with Crippen molar-refractivity contribution in [1.82, 2.24) is 96.2 Å². The molecule has 0 saturated carbocycles. The Bertz CT molecular complexity index is 4450. The maximum Gasteiger partial charge on any atom is 0.289 e. The molecule has 12 heterocycles. The fraction of sp³-hybridized carbons (Fsp3) is 0.632. The van der Waals surface area contributed by atoms with Gasteiger partial charge in [0, 0.05) is 195 Å². The summed E-state index contributed by atoms with van der Waals surface area (Å²) in [5.74, 6) is -3.78. The molecule has 6 aromatic rings. The third kappa shape index (κ3) is 31.6. The fourth-order valence-corrected chi connectivity index (χ4v) is 16.1. The van der Waals surface area contributed by atoms with Gasteiger partial charge in [0.2, 0.25) is 17.6 Å². The third-order valence-corrected chi connectivity index (χ3v) is 25.4. The first kappa shape index (κ1) is 104. The van der Waals surface area contributed by atoms with E-state index in [-0.39, 0.29) is 85.5 Å². The van der Waals surface area contributed by atoms with Crippen LogP contribution in [0.2, 0.25) is 0 Å². The van der Waals surface area contributed by atoms with E-state index >= 15 is 0 Å². The number of rotatable bonds is 20. The monoisotopic (exact) mass is 1760 g/mol. The van der Waals surface area contributed by atoms with Gasteiger partial charge < -0.3 is 70.8 Å². The molecule has 6 N–H and O–H groups in total. The fourth-order valence-electron chi connectivity index (χ4n) is 16.1. The normalized spacial score (nSPS) is 18.7. The molecule has 126 heavy (non-hydrogen) atoms. The van der Waals surface area contributed by atoms with E-state index in [4.69, 9.17) is 9.47 Å². The summed E-state index contributed by atoms with van der Waals surface area (Å²) in [6.07, 6.45) is 16.0. The van der Waals surface area contributed by atoms with Crippen molar-refractivity contribution in [1.29, 1.82) is 0 Å². The summed E-state index contributed by atoms with van der Waals surface area (Å²) in [6, 6.07) is 17.0. The predicted molar refractivity (Wildman–Crippen MR) is 486 cm³/mol. The van der Waals surface area contributed by atoms with Gasteiger partial charge in [0.25, 0.3) is 35.4 Å². The van der Waals surface area contributed by atoms with Crippen molar-refractivity contribution in [2.45, 2.75) is 299 Å². The maximum absolute atomic E-state index is 13.7. The van der Waals surface area contributed by atoms with Crippen LogP contribution in [-0.2, 0) is 0 Å². The van der Waals surface area contributed by atoms with E-state index in [9.17, 15) is 46.3 Å². The van der Waals surface area contributed by atoms with Gasteiger partial charge in [-0.3, -0.25) is 33.8 Å². The van der Waals surface area contributed by atoms with Gasteiger partial charge in [-0.25, -0.2) is 42.5 Å². The number of amides is 6. The third-order valence-electron chi connectivity index (χ3n) is 25.4. The quantitative estimate of drug-likeness (QED) is 0.0387. The number of aryl methyl sites for hydroxylation is 4. The lowest BCUT2D eigenvalue weighted by Crippen LogP contribution is -2.54. The second kappa shape index (κ2) is 46.6. The first-order valence-corrected chi connectivity index (χ1v) is 44.9. The molecule has 0 spiro atoms. The average molecular weight is 1760 g/mol. The zero-order valence-corrected chi connectivity index (χ0v) is 79.5. The second-order valence-corrected chi connectivity index (χ2v) is 38.1. The van der Waals surface area contributed by atoms with Crippen LogP contribution in [-0.4, -0.2) is 262 Å². The molecule has 696 valence electrons. The van der Waals surface area contributed by atoms with E-state index in [2.05, 4.69) is 200 Å². The Kier molecular flexibility index (Phi) is 38.4. The van der Waals surface area contributed by atoms with Gasteiger partial charge >= 0.3 is 0 Å². The number of pyridine rings is 5. The molecule has 6 aromatic heterocycles. The number of nitrogens with one attached hydrogen (secondary N) is 6. The van der Waals surface area contributed by atoms with Crippen LogP contribution in [0.5, 0.6) is 11.8 Å². The van der Waals surface area contributed by atoms with Crippen LogP contribution in [0.25, 0.3) is 0 Å². The highest BCUT2D eigenvalue weighted by molar-refractivity contribution is 5.97. The van der Waals surface area contributed by atoms with E-state index in [1.807, 2.05) is 59.7 Å². The molecule has 6 aliphatic heterocycles. The Morgan fingerprint density at radius 2 is 0.675 bits per heavy atom. The molecule has 12 rings (SSSR count). The SMILES string of the molecule is CC(C)N1CCC(C)(NC(=O)c2ncc(F)cc2F)CC1.COc1ccnc(C(=O)NC2(C)CCN(C(C)C)CC2)n1.COc1ncc(F)cc1C(=O)NC1(C)CCN(C(C)C)CC1.Cc1cc(C(=O)NC2(C)CCN(C(C)C)CC2)ccn1.Cc1ccc(C)c(C(=O)NC2(C)CCN(C(C)C)CC2)n1.Cc1ccc(F)c(C(=O)NC2(C)CCN(C(C)C)CC2)n1. The zero-order valence-electron chi connectivity index (χ0n) is 79.5. The molecule has 0 radical (unpaired) electrons. The summed E-state index contributed by atoms with van der Waals surface area (Å²) in [4.78, 5) is 116. The van der Waals surface area contributed by atoms with Crippen LogP contribution in [0, 0.1) is 51.0 Å². The Morgan fingerprint density at radius 3 is 1.05 bits per heavy atom. The number of hydrogen-bond acceptors (Lipinski definition) is 21. The minimum absolute atomic E-state index is 0.0102. The van der Waals surface area contributed by atoms with Gasteiger partial charge in [-0.05, 0) is 271 Å². The molecule has 0 aromatic carbocycles. The largest absolute Gasteiger partial charge is 0.481 e. The van der Waals surface area contributed by atoms with E-state index in [1.54, 1.807) is 31.3 Å². The molecule has 0 bridgehead atoms. The molecular weight excluding hydrogens is 1610 g/mol. The second-order valence-electron chi connectivity index (χ2n) is 38.1. The summed E-state index contributed by atoms with van der Waals surface area (Å²) >= 11 is 0. The summed E-state index contributed by atoms with van der Waals surface area (Å²) in [5, 5.41) is 18.3. The highest BCUT2D eigenvalue weighted by Crippen LogP contribution is 2.31. The highest BCUT2D eigenvalue weighted by Gasteiger charge is 2.40. The van der Waals surface area contributed by atoms with Crippen LogP contribution in [0.15, 0.2) is 79.4 Å². The topological polar surface area (TPSA) is 303 Å². The Morgan fingerprint density at radius 1 is 0.341 bits per heavy atom. The molecule has 6 fully saturated rings. The average Bonchev–Trinajstić information content (AvgIpc) is 0.834. The van der Waals surface area contributed by atoms with E-state index in [0.717, 1.165) is 191 Å². The van der Waals surface area contributed by atoms with Crippen molar-refractivity contribution in [2.75, 3.05) is 92.8 Å². The van der Waals surface area contributed by atoms with Gasteiger partial charge in [-0.2, -0.15) is 4.98 Å². The number of likely N-dealkylation sites (tertiary alicyclic amines) is 6. The molecular formula is C95H145F4N19O8. The molecule has 27 nitrogen and oxygen atoms in total. The van der Waals surface area contributed by atoms with Crippen molar-refractivity contribution in [3.05, 3.63) is 159 Å². The van der Waals surface area contributed by atoms with Gasteiger partial charge in [-0.1, -0.05) is 6.07 Å². The molecule has 0 unspecified atom stereocenters. The number of ether oxygens (including phenoxy) is 2. The van der Waals surface area contributed by atoms with Crippen molar-refractivity contribution in [3.8, 4) is 11.8 Å². The molecule has 6 aliphatic rings.